The minimum Gasteiger partial charge on any atom is -0.481 e. The fraction of sp³-hybridized carbons (Fsp3) is 0.875. The lowest BCUT2D eigenvalue weighted by atomic mass is 10.0. The average Bonchev–Trinajstić information content (AvgIpc) is 2.85. The molecule has 36 heavy (non-hydrogen) atoms. The number of esters is 1. The summed E-state index contributed by atoms with van der Waals surface area (Å²) in [6.07, 6.45) is 32.4. The summed E-state index contributed by atoms with van der Waals surface area (Å²) >= 11 is 0. The van der Waals surface area contributed by atoms with Gasteiger partial charge in [0.15, 0.2) is 0 Å². The van der Waals surface area contributed by atoms with E-state index in [4.69, 9.17) is 9.84 Å². The summed E-state index contributed by atoms with van der Waals surface area (Å²) < 4.78 is 5.80. The quantitative estimate of drug-likeness (QED) is 0.0648. The molecule has 1 unspecified atom stereocenters. The van der Waals surface area contributed by atoms with Crippen molar-refractivity contribution in [1.82, 2.24) is 0 Å². The molecule has 0 aliphatic rings. The number of carboxylic acid groups (broad SMARTS) is 1. The molecule has 0 aliphatic carbocycles. The van der Waals surface area contributed by atoms with Gasteiger partial charge in [0, 0.05) is 12.8 Å². The molecule has 0 bridgehead atoms. The molecule has 0 radical (unpaired) electrons. The number of hydrogen-bond donors (Lipinski definition) is 1. The highest BCUT2D eigenvalue weighted by Gasteiger charge is 2.11. The van der Waals surface area contributed by atoms with E-state index >= 15 is 0 Å². The molecule has 0 fully saturated rings. The Morgan fingerprint density at radius 3 is 1.58 bits per heavy atom. The summed E-state index contributed by atoms with van der Waals surface area (Å²) in [5.74, 6) is -0.789. The van der Waals surface area contributed by atoms with E-state index in [0.717, 1.165) is 51.4 Å². The fourth-order valence-electron chi connectivity index (χ4n) is 4.62. The third kappa shape index (κ3) is 27.3. The van der Waals surface area contributed by atoms with Crippen LogP contribution in [0.3, 0.4) is 0 Å². The molecule has 0 saturated heterocycles. The number of ether oxygens (including phenoxy) is 1. The number of carbonyl (C=O) groups excluding carboxylic acids is 1. The van der Waals surface area contributed by atoms with E-state index in [1.165, 1.54) is 96.3 Å². The zero-order valence-corrected chi connectivity index (χ0v) is 24.1. The standard InChI is InChI=1S/C32H60O4/c1-3-5-7-9-10-11-12-13-14-15-16-17-19-25-29-32(35)36-30(26-22-18-8-6-4-2)27-23-20-21-24-28-31(33)34/h22,26,30H,3-21,23-25,27-29H2,1-2H3,(H,33,34)/b26-22-. The van der Waals surface area contributed by atoms with Crippen LogP contribution in [-0.2, 0) is 14.3 Å². The maximum atomic E-state index is 12.4. The molecule has 0 spiro atoms. The summed E-state index contributed by atoms with van der Waals surface area (Å²) in [7, 11) is 0. The van der Waals surface area contributed by atoms with Gasteiger partial charge < -0.3 is 9.84 Å². The largest absolute Gasteiger partial charge is 0.481 e. The van der Waals surface area contributed by atoms with E-state index < -0.39 is 5.97 Å². The Kier molecular flexibility index (Phi) is 27.2. The second kappa shape index (κ2) is 28.3. The van der Waals surface area contributed by atoms with Crippen LogP contribution in [0.1, 0.15) is 174 Å². The topological polar surface area (TPSA) is 63.6 Å². The first kappa shape index (κ1) is 34.7. The smallest absolute Gasteiger partial charge is 0.306 e. The lowest BCUT2D eigenvalue weighted by Crippen LogP contribution is -2.16. The summed E-state index contributed by atoms with van der Waals surface area (Å²) in [6, 6.07) is 0. The van der Waals surface area contributed by atoms with Crippen molar-refractivity contribution in [3.05, 3.63) is 12.2 Å². The van der Waals surface area contributed by atoms with E-state index in [-0.39, 0.29) is 18.5 Å². The number of aliphatic carboxylic acids is 1. The van der Waals surface area contributed by atoms with Crippen LogP contribution >= 0.6 is 0 Å². The summed E-state index contributed by atoms with van der Waals surface area (Å²) in [5, 5.41) is 8.75. The molecule has 0 heterocycles. The van der Waals surface area contributed by atoms with Gasteiger partial charge in [0.1, 0.15) is 6.10 Å². The van der Waals surface area contributed by atoms with Crippen molar-refractivity contribution in [2.75, 3.05) is 0 Å². The molecule has 1 atom stereocenters. The summed E-state index contributed by atoms with van der Waals surface area (Å²) in [6.45, 7) is 4.48. The highest BCUT2D eigenvalue weighted by molar-refractivity contribution is 5.69. The van der Waals surface area contributed by atoms with Gasteiger partial charge in [-0.3, -0.25) is 9.59 Å². The lowest BCUT2D eigenvalue weighted by Gasteiger charge is -2.15. The highest BCUT2D eigenvalue weighted by atomic mass is 16.5. The third-order valence-electron chi connectivity index (χ3n) is 6.97. The van der Waals surface area contributed by atoms with Crippen molar-refractivity contribution in [3.63, 3.8) is 0 Å². The molecule has 212 valence electrons. The van der Waals surface area contributed by atoms with E-state index in [2.05, 4.69) is 26.0 Å². The molecule has 4 nitrogen and oxygen atoms in total. The van der Waals surface area contributed by atoms with Crippen LogP contribution in [0, 0.1) is 0 Å². The molecule has 0 amide bonds. The van der Waals surface area contributed by atoms with Crippen LogP contribution in [-0.4, -0.2) is 23.1 Å². The van der Waals surface area contributed by atoms with Gasteiger partial charge in [-0.15, -0.1) is 0 Å². The number of carbonyl (C=O) groups is 2. The monoisotopic (exact) mass is 508 g/mol. The number of rotatable bonds is 28. The Bertz CT molecular complexity index is 514. The molecule has 1 N–H and O–H groups in total. The third-order valence-corrected chi connectivity index (χ3v) is 6.97. The van der Waals surface area contributed by atoms with Gasteiger partial charge in [-0.05, 0) is 44.6 Å². The number of allylic oxidation sites excluding steroid dienone is 1. The minimum atomic E-state index is -0.722. The molecular formula is C32H60O4. The molecule has 0 rings (SSSR count). The molecule has 0 aromatic carbocycles. The zero-order chi connectivity index (χ0) is 26.5. The van der Waals surface area contributed by atoms with Gasteiger partial charge in [-0.2, -0.15) is 0 Å². The first-order chi connectivity index (χ1) is 17.6. The normalized spacial score (nSPS) is 12.3. The lowest BCUT2D eigenvalue weighted by molar-refractivity contribution is -0.147. The van der Waals surface area contributed by atoms with Crippen molar-refractivity contribution >= 4 is 11.9 Å². The van der Waals surface area contributed by atoms with Crippen LogP contribution < -0.4 is 0 Å². The van der Waals surface area contributed by atoms with Gasteiger partial charge in [-0.25, -0.2) is 0 Å². The van der Waals surface area contributed by atoms with E-state index in [1.54, 1.807) is 0 Å². The summed E-state index contributed by atoms with van der Waals surface area (Å²) in [4.78, 5) is 23.0. The Hall–Kier alpha value is -1.32. The Balaban J connectivity index is 3.87. The first-order valence-corrected chi connectivity index (χ1v) is 15.7. The first-order valence-electron chi connectivity index (χ1n) is 15.7. The number of carboxylic acids is 1. The van der Waals surface area contributed by atoms with Gasteiger partial charge in [0.2, 0.25) is 0 Å². The summed E-state index contributed by atoms with van der Waals surface area (Å²) in [5.41, 5.74) is 0. The average molecular weight is 509 g/mol. The van der Waals surface area contributed by atoms with Crippen LogP contribution in [0.25, 0.3) is 0 Å². The highest BCUT2D eigenvalue weighted by Crippen LogP contribution is 2.15. The van der Waals surface area contributed by atoms with E-state index in [1.807, 2.05) is 0 Å². The Morgan fingerprint density at radius 2 is 1.06 bits per heavy atom. The van der Waals surface area contributed by atoms with Crippen molar-refractivity contribution < 1.29 is 19.4 Å². The molecule has 0 aliphatic heterocycles. The van der Waals surface area contributed by atoms with Gasteiger partial charge in [0.25, 0.3) is 0 Å². The molecule has 0 saturated carbocycles. The fourth-order valence-corrected chi connectivity index (χ4v) is 4.62. The second-order valence-corrected chi connectivity index (χ2v) is 10.6. The number of unbranched alkanes of at least 4 members (excludes halogenated alkanes) is 19. The van der Waals surface area contributed by atoms with Crippen LogP contribution in [0.4, 0.5) is 0 Å². The Morgan fingerprint density at radius 1 is 0.611 bits per heavy atom. The predicted octanol–water partition coefficient (Wildman–Crippen LogP) is 10.3. The zero-order valence-electron chi connectivity index (χ0n) is 24.1. The second-order valence-electron chi connectivity index (χ2n) is 10.6. The van der Waals surface area contributed by atoms with Crippen molar-refractivity contribution in [2.45, 2.75) is 180 Å². The van der Waals surface area contributed by atoms with Crippen molar-refractivity contribution in [2.24, 2.45) is 0 Å². The molecule has 0 aromatic heterocycles. The van der Waals surface area contributed by atoms with E-state index in [9.17, 15) is 9.59 Å². The van der Waals surface area contributed by atoms with Gasteiger partial charge in [0.05, 0.1) is 0 Å². The molecule has 0 aromatic rings. The van der Waals surface area contributed by atoms with Crippen LogP contribution in [0.15, 0.2) is 12.2 Å². The SMILES string of the molecule is CCCCC/C=C\C(CCCCCCC(=O)O)OC(=O)CCCCCCCCCCCCCCCC. The number of hydrogen-bond acceptors (Lipinski definition) is 3. The maximum absolute atomic E-state index is 12.4. The Labute approximate surface area is 224 Å². The van der Waals surface area contributed by atoms with Gasteiger partial charge >= 0.3 is 11.9 Å². The van der Waals surface area contributed by atoms with E-state index in [0.29, 0.717) is 6.42 Å². The minimum absolute atomic E-state index is 0.0666. The van der Waals surface area contributed by atoms with Crippen LogP contribution in [0.2, 0.25) is 0 Å². The van der Waals surface area contributed by atoms with Gasteiger partial charge in [-0.1, -0.05) is 129 Å². The van der Waals surface area contributed by atoms with Crippen molar-refractivity contribution in [3.8, 4) is 0 Å². The molecular weight excluding hydrogens is 448 g/mol. The van der Waals surface area contributed by atoms with Crippen molar-refractivity contribution in [1.29, 1.82) is 0 Å². The molecule has 4 heteroatoms. The maximum Gasteiger partial charge on any atom is 0.306 e. The predicted molar refractivity (Wildman–Crippen MR) is 153 cm³/mol. The van der Waals surface area contributed by atoms with Crippen LogP contribution in [0.5, 0.6) is 0 Å².